The minimum atomic E-state index is 0.241. The SMILES string of the molecule is Cc1nc2c(Cn3c(NC4CCN(CC(N)C(C)C)CC4)nc4c(C)cccc43)cccc2[nH]1. The Bertz CT molecular complexity index is 1280. The number of aryl methyl sites for hydroxylation is 2. The van der Waals surface area contributed by atoms with Crippen molar-refractivity contribution in [3.63, 3.8) is 0 Å². The number of para-hydroxylation sites is 2. The summed E-state index contributed by atoms with van der Waals surface area (Å²) in [5.74, 6) is 2.41. The third-order valence-corrected chi connectivity index (χ3v) is 7.27. The van der Waals surface area contributed by atoms with E-state index in [9.17, 15) is 0 Å². The summed E-state index contributed by atoms with van der Waals surface area (Å²) in [6, 6.07) is 13.4. The lowest BCUT2D eigenvalue weighted by atomic mass is 10.0. The van der Waals surface area contributed by atoms with E-state index in [0.29, 0.717) is 12.0 Å². The highest BCUT2D eigenvalue weighted by Crippen LogP contribution is 2.27. The van der Waals surface area contributed by atoms with Crippen LogP contribution in [0.2, 0.25) is 0 Å². The van der Waals surface area contributed by atoms with Crippen molar-refractivity contribution in [2.24, 2.45) is 11.7 Å². The van der Waals surface area contributed by atoms with Crippen LogP contribution in [0.1, 0.15) is 43.6 Å². The lowest BCUT2D eigenvalue weighted by molar-refractivity contribution is 0.194. The van der Waals surface area contributed by atoms with E-state index in [4.69, 9.17) is 15.7 Å². The summed E-state index contributed by atoms with van der Waals surface area (Å²) in [5, 5.41) is 3.80. The molecule has 5 rings (SSSR count). The fraction of sp³-hybridized carbons (Fsp3) is 0.481. The van der Waals surface area contributed by atoms with Gasteiger partial charge >= 0.3 is 0 Å². The predicted octanol–water partition coefficient (Wildman–Crippen LogP) is 4.44. The first-order chi connectivity index (χ1) is 16.4. The van der Waals surface area contributed by atoms with Crippen LogP contribution < -0.4 is 11.1 Å². The topological polar surface area (TPSA) is 87.8 Å². The molecule has 180 valence electrons. The van der Waals surface area contributed by atoms with Gasteiger partial charge < -0.3 is 25.5 Å². The minimum Gasteiger partial charge on any atom is -0.353 e. The highest BCUT2D eigenvalue weighted by molar-refractivity contribution is 5.83. The molecule has 0 bridgehead atoms. The molecule has 1 atom stereocenters. The number of likely N-dealkylation sites (tertiary alicyclic amines) is 1. The molecule has 4 N–H and O–H groups in total. The average Bonchev–Trinajstić information content (AvgIpc) is 3.36. The second-order valence-corrected chi connectivity index (χ2v) is 10.2. The lowest BCUT2D eigenvalue weighted by Gasteiger charge is -2.34. The highest BCUT2D eigenvalue weighted by Gasteiger charge is 2.23. The molecule has 0 radical (unpaired) electrons. The molecule has 1 aliphatic rings. The Balaban J connectivity index is 1.40. The van der Waals surface area contributed by atoms with E-state index in [1.807, 2.05) is 6.92 Å². The van der Waals surface area contributed by atoms with Gasteiger partial charge in [0.15, 0.2) is 0 Å². The van der Waals surface area contributed by atoms with E-state index in [-0.39, 0.29) is 6.04 Å². The fourth-order valence-electron chi connectivity index (χ4n) is 5.02. The van der Waals surface area contributed by atoms with E-state index in [0.717, 1.165) is 72.9 Å². The van der Waals surface area contributed by atoms with Crippen LogP contribution in [0.5, 0.6) is 0 Å². The molecule has 7 nitrogen and oxygen atoms in total. The number of imidazole rings is 2. The molecule has 4 aromatic rings. The van der Waals surface area contributed by atoms with Crippen molar-refractivity contribution in [3.05, 3.63) is 53.3 Å². The van der Waals surface area contributed by atoms with E-state index < -0.39 is 0 Å². The summed E-state index contributed by atoms with van der Waals surface area (Å²) in [5.41, 5.74) is 13.1. The summed E-state index contributed by atoms with van der Waals surface area (Å²) >= 11 is 0. The van der Waals surface area contributed by atoms with Crippen molar-refractivity contribution in [1.82, 2.24) is 24.4 Å². The van der Waals surface area contributed by atoms with Crippen LogP contribution in [-0.4, -0.2) is 56.1 Å². The third kappa shape index (κ3) is 4.55. The van der Waals surface area contributed by atoms with Crippen LogP contribution in [0.15, 0.2) is 36.4 Å². The number of nitrogens with zero attached hydrogens (tertiary/aromatic N) is 4. The smallest absolute Gasteiger partial charge is 0.204 e. The molecule has 0 saturated carbocycles. The Morgan fingerprint density at radius 1 is 1.06 bits per heavy atom. The van der Waals surface area contributed by atoms with Crippen LogP contribution in [0.25, 0.3) is 22.1 Å². The van der Waals surface area contributed by atoms with Crippen molar-refractivity contribution >= 4 is 28.0 Å². The largest absolute Gasteiger partial charge is 0.353 e. The van der Waals surface area contributed by atoms with Crippen LogP contribution in [0.3, 0.4) is 0 Å². The number of anilines is 1. The van der Waals surface area contributed by atoms with Gasteiger partial charge in [0.25, 0.3) is 0 Å². The summed E-state index contributed by atoms with van der Waals surface area (Å²) in [4.78, 5) is 15.7. The van der Waals surface area contributed by atoms with E-state index in [1.54, 1.807) is 0 Å². The van der Waals surface area contributed by atoms with Crippen molar-refractivity contribution in [1.29, 1.82) is 0 Å². The van der Waals surface area contributed by atoms with E-state index >= 15 is 0 Å². The second-order valence-electron chi connectivity index (χ2n) is 10.2. The van der Waals surface area contributed by atoms with Gasteiger partial charge in [0, 0.05) is 31.7 Å². The van der Waals surface area contributed by atoms with Gasteiger partial charge in [-0.25, -0.2) is 9.97 Å². The number of rotatable bonds is 7. The molecule has 2 aromatic heterocycles. The summed E-state index contributed by atoms with van der Waals surface area (Å²) in [6.07, 6.45) is 2.20. The summed E-state index contributed by atoms with van der Waals surface area (Å²) < 4.78 is 2.32. The molecule has 1 saturated heterocycles. The molecule has 1 aliphatic heterocycles. The molecule has 0 spiro atoms. The fourth-order valence-corrected chi connectivity index (χ4v) is 5.02. The second kappa shape index (κ2) is 9.39. The lowest BCUT2D eigenvalue weighted by Crippen LogP contribution is -2.46. The maximum absolute atomic E-state index is 6.32. The number of nitrogens with one attached hydrogen (secondary N) is 2. The monoisotopic (exact) mass is 459 g/mol. The van der Waals surface area contributed by atoms with Gasteiger partial charge in [-0.3, -0.25) is 0 Å². The standard InChI is InChI=1S/C27H37N7/c1-17(2)22(28)16-33-13-11-21(12-14-33)31-27-32-25-18(3)7-5-10-24(25)34(27)15-20-8-6-9-23-26(20)30-19(4)29-23/h5-10,17,21-22H,11-16,28H2,1-4H3,(H,29,30)(H,31,32). The van der Waals surface area contributed by atoms with Gasteiger partial charge in [-0.2, -0.15) is 0 Å². The zero-order valence-electron chi connectivity index (χ0n) is 20.8. The van der Waals surface area contributed by atoms with Crippen LogP contribution in [0.4, 0.5) is 5.95 Å². The number of hydrogen-bond donors (Lipinski definition) is 3. The van der Waals surface area contributed by atoms with Crippen molar-refractivity contribution in [2.45, 2.75) is 59.2 Å². The van der Waals surface area contributed by atoms with Crippen molar-refractivity contribution < 1.29 is 0 Å². The van der Waals surface area contributed by atoms with E-state index in [1.165, 1.54) is 11.1 Å². The molecule has 3 heterocycles. The Labute approximate surface area is 201 Å². The van der Waals surface area contributed by atoms with Gasteiger partial charge in [-0.1, -0.05) is 38.1 Å². The maximum atomic E-state index is 6.32. The first kappa shape index (κ1) is 22.9. The quantitative estimate of drug-likeness (QED) is 0.380. The van der Waals surface area contributed by atoms with Crippen molar-refractivity contribution in [3.8, 4) is 0 Å². The number of H-pyrrole nitrogens is 1. The Morgan fingerprint density at radius 2 is 1.82 bits per heavy atom. The molecule has 7 heteroatoms. The summed E-state index contributed by atoms with van der Waals surface area (Å²) in [7, 11) is 0. The number of nitrogens with two attached hydrogens (primary N) is 1. The number of fused-ring (bicyclic) bond motifs is 2. The molecule has 1 unspecified atom stereocenters. The van der Waals surface area contributed by atoms with Crippen LogP contribution >= 0.6 is 0 Å². The Hall–Kier alpha value is -2.90. The molecule has 0 amide bonds. The molecular weight excluding hydrogens is 422 g/mol. The molecule has 34 heavy (non-hydrogen) atoms. The van der Waals surface area contributed by atoms with Gasteiger partial charge in [-0.15, -0.1) is 0 Å². The molecule has 1 fully saturated rings. The Morgan fingerprint density at radius 3 is 2.59 bits per heavy atom. The molecule has 2 aromatic carbocycles. The number of benzene rings is 2. The van der Waals surface area contributed by atoms with Crippen LogP contribution in [0, 0.1) is 19.8 Å². The third-order valence-electron chi connectivity index (χ3n) is 7.27. The highest BCUT2D eigenvalue weighted by atomic mass is 15.2. The van der Waals surface area contributed by atoms with Crippen molar-refractivity contribution in [2.75, 3.05) is 25.0 Å². The average molecular weight is 460 g/mol. The summed E-state index contributed by atoms with van der Waals surface area (Å²) in [6.45, 7) is 12.4. The number of aromatic nitrogens is 4. The minimum absolute atomic E-state index is 0.241. The number of aromatic amines is 1. The zero-order valence-corrected chi connectivity index (χ0v) is 20.8. The maximum Gasteiger partial charge on any atom is 0.204 e. The predicted molar refractivity (Wildman–Crippen MR) is 140 cm³/mol. The normalized spacial score (nSPS) is 16.6. The van der Waals surface area contributed by atoms with Gasteiger partial charge in [0.2, 0.25) is 5.95 Å². The first-order valence-corrected chi connectivity index (χ1v) is 12.5. The Kier molecular flexibility index (Phi) is 6.32. The van der Waals surface area contributed by atoms with Gasteiger partial charge in [0.1, 0.15) is 5.82 Å². The number of hydrogen-bond acceptors (Lipinski definition) is 5. The van der Waals surface area contributed by atoms with Crippen LogP contribution in [-0.2, 0) is 6.54 Å². The first-order valence-electron chi connectivity index (χ1n) is 12.5. The van der Waals surface area contributed by atoms with Gasteiger partial charge in [0.05, 0.1) is 28.6 Å². The van der Waals surface area contributed by atoms with E-state index in [2.05, 4.69) is 76.9 Å². The molecule has 0 aliphatic carbocycles. The molecular formula is C27H37N7. The zero-order chi connectivity index (χ0) is 23.8. The van der Waals surface area contributed by atoms with Gasteiger partial charge in [-0.05, 0) is 55.9 Å². The number of piperidine rings is 1.